The minimum atomic E-state index is -3.67. The van der Waals surface area contributed by atoms with Crippen LogP contribution in [0, 0.1) is 0 Å². The molecule has 27 heavy (non-hydrogen) atoms. The maximum absolute atomic E-state index is 12.3. The number of hydrogen-bond acceptors (Lipinski definition) is 6. The van der Waals surface area contributed by atoms with Crippen molar-refractivity contribution < 1.29 is 17.6 Å². The van der Waals surface area contributed by atoms with Crippen molar-refractivity contribution in [2.75, 3.05) is 5.32 Å². The third-order valence-electron chi connectivity index (χ3n) is 3.41. The van der Waals surface area contributed by atoms with Crippen LogP contribution >= 0.6 is 23.6 Å². The van der Waals surface area contributed by atoms with Gasteiger partial charge in [-0.1, -0.05) is 6.07 Å². The van der Waals surface area contributed by atoms with E-state index in [2.05, 4.69) is 15.4 Å². The second-order valence-corrected chi connectivity index (χ2v) is 8.44. The molecule has 2 aromatic heterocycles. The van der Waals surface area contributed by atoms with Gasteiger partial charge in [0.25, 0.3) is 5.91 Å². The topological polar surface area (TPSA) is 100 Å². The van der Waals surface area contributed by atoms with Crippen LogP contribution in [0.2, 0.25) is 0 Å². The van der Waals surface area contributed by atoms with Gasteiger partial charge in [0.05, 0.1) is 22.6 Å². The summed E-state index contributed by atoms with van der Waals surface area (Å²) < 4.78 is 32.1. The van der Waals surface area contributed by atoms with Crippen molar-refractivity contribution in [2.45, 2.75) is 11.4 Å². The molecule has 3 N–H and O–H groups in total. The van der Waals surface area contributed by atoms with Crippen LogP contribution in [0.5, 0.6) is 0 Å². The monoisotopic (exact) mass is 421 g/mol. The van der Waals surface area contributed by atoms with Gasteiger partial charge >= 0.3 is 0 Å². The molecule has 3 aromatic rings. The lowest BCUT2D eigenvalue weighted by atomic mass is 10.3. The Morgan fingerprint density at radius 1 is 1.11 bits per heavy atom. The molecule has 0 bridgehead atoms. The fourth-order valence-electron chi connectivity index (χ4n) is 2.11. The van der Waals surface area contributed by atoms with E-state index in [0.717, 1.165) is 0 Å². The van der Waals surface area contributed by atoms with Crippen LogP contribution in [-0.2, 0) is 16.6 Å². The molecule has 3 rings (SSSR count). The van der Waals surface area contributed by atoms with Crippen molar-refractivity contribution in [3.05, 3.63) is 70.8 Å². The van der Waals surface area contributed by atoms with Crippen LogP contribution in [0.15, 0.2) is 69.5 Å². The van der Waals surface area contributed by atoms with E-state index in [1.165, 1.54) is 29.7 Å². The Balaban J connectivity index is 1.57. The van der Waals surface area contributed by atoms with Crippen molar-refractivity contribution in [1.82, 2.24) is 10.0 Å². The number of anilines is 1. The van der Waals surface area contributed by atoms with E-state index in [-0.39, 0.29) is 22.5 Å². The second kappa shape index (κ2) is 8.44. The molecule has 1 amide bonds. The van der Waals surface area contributed by atoms with Gasteiger partial charge in [-0.15, -0.1) is 11.3 Å². The van der Waals surface area contributed by atoms with Gasteiger partial charge in [-0.25, -0.2) is 13.1 Å². The number of carbonyl (C=O) groups excluding carboxylic acids is 1. The Morgan fingerprint density at radius 3 is 2.52 bits per heavy atom. The first-order chi connectivity index (χ1) is 12.9. The van der Waals surface area contributed by atoms with Crippen LogP contribution in [-0.4, -0.2) is 19.4 Å². The quantitative estimate of drug-likeness (QED) is 0.529. The number of furan rings is 1. The fraction of sp³-hybridized carbons (Fsp3) is 0.0588. The molecule has 0 aliphatic carbocycles. The lowest BCUT2D eigenvalue weighted by Gasteiger charge is -2.10. The first kappa shape index (κ1) is 19.2. The van der Waals surface area contributed by atoms with Gasteiger partial charge in [-0.2, -0.15) is 0 Å². The van der Waals surface area contributed by atoms with Gasteiger partial charge in [0.2, 0.25) is 10.0 Å². The summed E-state index contributed by atoms with van der Waals surface area (Å²) in [6, 6.07) is 12.8. The highest BCUT2D eigenvalue weighted by Gasteiger charge is 2.14. The molecule has 0 aliphatic rings. The fourth-order valence-corrected chi connectivity index (χ4v) is 3.94. The zero-order chi connectivity index (χ0) is 19.3. The average molecular weight is 422 g/mol. The lowest BCUT2D eigenvalue weighted by Crippen LogP contribution is -2.33. The van der Waals surface area contributed by atoms with Crippen LogP contribution < -0.4 is 15.4 Å². The zero-order valence-electron chi connectivity index (χ0n) is 13.8. The molecule has 1 aromatic carbocycles. The summed E-state index contributed by atoms with van der Waals surface area (Å²) in [7, 11) is -3.67. The second-order valence-electron chi connectivity index (χ2n) is 5.31. The number of thiophene rings is 1. The number of rotatable bonds is 6. The summed E-state index contributed by atoms with van der Waals surface area (Å²) in [4.78, 5) is 12.6. The third kappa shape index (κ3) is 5.23. The molecule has 7 nitrogen and oxygen atoms in total. The number of amides is 1. The standard InChI is InChI=1S/C17H15N3O4S3/c21-16(15-4-2-10-26-15)20-17(25)19-12-5-7-14(8-6-12)27(22,23)18-11-13-3-1-9-24-13/h1-10,18H,11H2,(H2,19,20,21,25). The Bertz CT molecular complexity index is 1010. The molecule has 0 aliphatic heterocycles. The first-order valence-electron chi connectivity index (χ1n) is 7.72. The normalized spacial score (nSPS) is 11.1. The molecule has 10 heteroatoms. The van der Waals surface area contributed by atoms with Crippen molar-refractivity contribution in [2.24, 2.45) is 0 Å². The minimum absolute atomic E-state index is 0.0637. The Kier molecular flexibility index (Phi) is 6.01. The molecule has 0 fully saturated rings. The maximum atomic E-state index is 12.3. The van der Waals surface area contributed by atoms with Gasteiger partial charge in [0.1, 0.15) is 5.76 Å². The van der Waals surface area contributed by atoms with Crippen LogP contribution in [0.3, 0.4) is 0 Å². The molecule has 140 valence electrons. The first-order valence-corrected chi connectivity index (χ1v) is 10.5. The highest BCUT2D eigenvalue weighted by atomic mass is 32.2. The largest absolute Gasteiger partial charge is 0.468 e. The number of sulfonamides is 1. The molecule has 0 saturated heterocycles. The predicted molar refractivity (Wildman–Crippen MR) is 107 cm³/mol. The van der Waals surface area contributed by atoms with Crippen molar-refractivity contribution in [3.8, 4) is 0 Å². The molecular weight excluding hydrogens is 406 g/mol. The summed E-state index contributed by atoms with van der Waals surface area (Å²) >= 11 is 6.41. The van der Waals surface area contributed by atoms with Gasteiger partial charge in [0.15, 0.2) is 5.11 Å². The number of thiocarbonyl (C=S) groups is 1. The van der Waals surface area contributed by atoms with Crippen molar-refractivity contribution in [1.29, 1.82) is 0 Å². The number of carbonyl (C=O) groups is 1. The zero-order valence-corrected chi connectivity index (χ0v) is 16.3. The summed E-state index contributed by atoms with van der Waals surface area (Å²) in [5, 5.41) is 7.33. The van der Waals surface area contributed by atoms with E-state index in [4.69, 9.17) is 16.6 Å². The number of benzene rings is 1. The van der Waals surface area contributed by atoms with Gasteiger partial charge in [-0.05, 0) is 60.1 Å². The average Bonchev–Trinajstić information content (AvgIpc) is 3.34. The van der Waals surface area contributed by atoms with E-state index in [1.54, 1.807) is 41.8 Å². The summed E-state index contributed by atoms with van der Waals surface area (Å²) in [5.41, 5.74) is 0.552. The highest BCUT2D eigenvalue weighted by Crippen LogP contribution is 2.15. The number of hydrogen-bond donors (Lipinski definition) is 3. The van der Waals surface area contributed by atoms with Crippen LogP contribution in [0.1, 0.15) is 15.4 Å². The SMILES string of the molecule is O=C(NC(=S)Nc1ccc(S(=O)(=O)NCc2ccco2)cc1)c1cccs1. The molecule has 0 atom stereocenters. The predicted octanol–water partition coefficient (Wildman–Crippen LogP) is 2.95. The van der Waals surface area contributed by atoms with E-state index in [9.17, 15) is 13.2 Å². The molecule has 0 saturated carbocycles. The smallest absolute Gasteiger partial charge is 0.267 e. The Hall–Kier alpha value is -2.53. The Labute approximate surface area is 165 Å². The third-order valence-corrected chi connectivity index (χ3v) is 5.90. The van der Waals surface area contributed by atoms with Crippen molar-refractivity contribution in [3.63, 3.8) is 0 Å². The van der Waals surface area contributed by atoms with Gasteiger partial charge < -0.3 is 9.73 Å². The minimum Gasteiger partial charge on any atom is -0.468 e. The van der Waals surface area contributed by atoms with E-state index >= 15 is 0 Å². The summed E-state index contributed by atoms with van der Waals surface area (Å²) in [5.74, 6) is 0.215. The van der Waals surface area contributed by atoms with E-state index in [0.29, 0.717) is 16.3 Å². The van der Waals surface area contributed by atoms with E-state index < -0.39 is 10.0 Å². The molecule has 0 spiro atoms. The van der Waals surface area contributed by atoms with Crippen LogP contribution in [0.25, 0.3) is 0 Å². The van der Waals surface area contributed by atoms with Gasteiger partial charge in [0, 0.05) is 5.69 Å². The summed E-state index contributed by atoms with van der Waals surface area (Å²) in [6.07, 6.45) is 1.48. The van der Waals surface area contributed by atoms with Crippen LogP contribution in [0.4, 0.5) is 5.69 Å². The maximum Gasteiger partial charge on any atom is 0.267 e. The van der Waals surface area contributed by atoms with E-state index in [1.807, 2.05) is 0 Å². The molecular formula is C17H15N3O4S3. The highest BCUT2D eigenvalue weighted by molar-refractivity contribution is 7.89. The molecule has 0 radical (unpaired) electrons. The van der Waals surface area contributed by atoms with Gasteiger partial charge in [-0.3, -0.25) is 10.1 Å². The lowest BCUT2D eigenvalue weighted by molar-refractivity contribution is 0.0981. The van der Waals surface area contributed by atoms with Crippen molar-refractivity contribution >= 4 is 50.3 Å². The number of nitrogens with one attached hydrogen (secondary N) is 3. The molecule has 0 unspecified atom stereocenters. The summed E-state index contributed by atoms with van der Waals surface area (Å²) in [6.45, 7) is 0.0637. The molecule has 2 heterocycles. The Morgan fingerprint density at radius 2 is 1.89 bits per heavy atom.